The van der Waals surface area contributed by atoms with Crippen LogP contribution in [0.15, 0.2) is 0 Å². The Hall–Kier alpha value is 0.394. The van der Waals surface area contributed by atoms with Gasteiger partial charge in [0.25, 0.3) is 0 Å². The number of hydrogen-bond acceptors (Lipinski definition) is 5. The minimum Gasteiger partial charge on any atom is -0.412 e. The van der Waals surface area contributed by atoms with E-state index in [-0.39, 0.29) is 64.1 Å². The summed E-state index contributed by atoms with van der Waals surface area (Å²) in [7, 11) is 0. The quantitative estimate of drug-likeness (QED) is 0.366. The van der Waals surface area contributed by atoms with E-state index in [1.165, 1.54) is 0 Å². The van der Waals surface area contributed by atoms with Crippen molar-refractivity contribution in [2.24, 2.45) is 0 Å². The predicted molar refractivity (Wildman–Crippen MR) is 65.9 cm³/mol. The van der Waals surface area contributed by atoms with Crippen molar-refractivity contribution in [3.8, 4) is 0 Å². The minimum absolute atomic E-state index is 0. The molecule has 10 N–H and O–H groups in total. The number of aliphatic hydroxyl groups excluding tert-OH is 4. The van der Waals surface area contributed by atoms with Gasteiger partial charge in [-0.05, 0) is 13.8 Å². The molecule has 0 rings (SSSR count). The number of aliphatic hydroxyl groups is 4. The SMILES string of the molecule is CC(C)O.O.O.O.OCCN(CCO)CCO.[Ti]. The van der Waals surface area contributed by atoms with Gasteiger partial charge in [-0.3, -0.25) is 4.90 Å². The first-order valence-corrected chi connectivity index (χ1v) is 4.81. The largest absolute Gasteiger partial charge is 0.412 e. The third-order valence-corrected chi connectivity index (χ3v) is 1.25. The summed E-state index contributed by atoms with van der Waals surface area (Å²) in [5.41, 5.74) is 0. The number of rotatable bonds is 6. The molecule has 0 radical (unpaired) electrons. The Kier molecular flexibility index (Phi) is 61.3. The molecule has 0 unspecified atom stereocenters. The summed E-state index contributed by atoms with van der Waals surface area (Å²) >= 11 is 0. The van der Waals surface area contributed by atoms with Crippen molar-refractivity contribution in [2.45, 2.75) is 20.0 Å². The Morgan fingerprint density at radius 3 is 1.06 bits per heavy atom. The first kappa shape index (κ1) is 36.2. The molecule has 0 aliphatic carbocycles. The van der Waals surface area contributed by atoms with Crippen LogP contribution in [0.1, 0.15) is 13.8 Å². The second-order valence-electron chi connectivity index (χ2n) is 3.11. The smallest absolute Gasteiger partial charge is 0.0558 e. The first-order chi connectivity index (χ1) is 6.58. The maximum absolute atomic E-state index is 8.48. The Labute approximate surface area is 123 Å². The average molecular weight is 311 g/mol. The maximum atomic E-state index is 8.48. The van der Waals surface area contributed by atoms with Crippen molar-refractivity contribution in [2.75, 3.05) is 39.5 Å². The van der Waals surface area contributed by atoms with Gasteiger partial charge in [0.15, 0.2) is 0 Å². The summed E-state index contributed by atoms with van der Waals surface area (Å²) < 4.78 is 0. The topological polar surface area (TPSA) is 179 Å². The predicted octanol–water partition coefficient (Wildman–Crippen LogP) is -3.82. The Balaban J connectivity index is -0.0000000402. The molecule has 0 aliphatic heterocycles. The van der Waals surface area contributed by atoms with Gasteiger partial charge in [0.1, 0.15) is 0 Å². The Morgan fingerprint density at radius 1 is 0.778 bits per heavy atom. The number of hydrogen-bond donors (Lipinski definition) is 4. The van der Waals surface area contributed by atoms with Gasteiger partial charge in [-0.25, -0.2) is 0 Å². The minimum atomic E-state index is -0.167. The Bertz CT molecular complexity index is 93.9. The summed E-state index contributed by atoms with van der Waals surface area (Å²) in [5.74, 6) is 0. The second kappa shape index (κ2) is 30.4. The van der Waals surface area contributed by atoms with Crippen LogP contribution in [-0.4, -0.2) is 87.3 Å². The molecule has 0 aromatic heterocycles. The van der Waals surface area contributed by atoms with Crippen molar-refractivity contribution in [3.05, 3.63) is 0 Å². The van der Waals surface area contributed by atoms with E-state index in [1.54, 1.807) is 18.7 Å². The van der Waals surface area contributed by atoms with Crippen LogP contribution in [0.4, 0.5) is 0 Å². The fourth-order valence-corrected chi connectivity index (χ4v) is 0.760. The molecule has 0 heterocycles. The van der Waals surface area contributed by atoms with Crippen LogP contribution in [0.3, 0.4) is 0 Å². The molecule has 116 valence electrons. The summed E-state index contributed by atoms with van der Waals surface area (Å²) in [6, 6.07) is 0. The molecule has 18 heavy (non-hydrogen) atoms. The van der Waals surface area contributed by atoms with Gasteiger partial charge in [-0.15, -0.1) is 0 Å². The van der Waals surface area contributed by atoms with Crippen LogP contribution in [0.25, 0.3) is 0 Å². The molecule has 0 fully saturated rings. The van der Waals surface area contributed by atoms with Gasteiger partial charge in [0.05, 0.1) is 19.8 Å². The van der Waals surface area contributed by atoms with E-state index < -0.39 is 0 Å². The Morgan fingerprint density at radius 2 is 0.944 bits per heavy atom. The van der Waals surface area contributed by atoms with Crippen LogP contribution < -0.4 is 0 Å². The maximum Gasteiger partial charge on any atom is 0.0558 e. The van der Waals surface area contributed by atoms with Crippen molar-refractivity contribution < 1.29 is 58.6 Å². The van der Waals surface area contributed by atoms with E-state index in [9.17, 15) is 0 Å². The molecule has 0 amide bonds. The molecule has 0 spiro atoms. The summed E-state index contributed by atoms with van der Waals surface area (Å²) in [6.07, 6.45) is -0.167. The molecule has 0 aliphatic rings. The zero-order valence-electron chi connectivity index (χ0n) is 11.1. The first-order valence-electron chi connectivity index (χ1n) is 4.81. The van der Waals surface area contributed by atoms with Gasteiger partial charge in [-0.1, -0.05) is 0 Å². The zero-order chi connectivity index (χ0) is 11.4. The standard InChI is InChI=1S/C6H15NO3.C3H8O.3H2O.Ti/c8-4-1-7(2-5-9)3-6-10;1-3(2)4;;;;/h8-10H,1-6H2;3-4H,1-2H3;3*1H2;. The molecule has 0 saturated heterocycles. The molecule has 0 bridgehead atoms. The van der Waals surface area contributed by atoms with E-state index in [0.717, 1.165) is 0 Å². The monoisotopic (exact) mass is 311 g/mol. The summed E-state index contributed by atoms with van der Waals surface area (Å²) in [4.78, 5) is 1.79. The molecule has 0 aromatic rings. The molecule has 8 nitrogen and oxygen atoms in total. The fourth-order valence-electron chi connectivity index (χ4n) is 0.760. The van der Waals surface area contributed by atoms with E-state index in [2.05, 4.69) is 0 Å². The van der Waals surface area contributed by atoms with Crippen molar-refractivity contribution in [1.82, 2.24) is 4.90 Å². The van der Waals surface area contributed by atoms with Crippen LogP contribution >= 0.6 is 0 Å². The zero-order valence-corrected chi connectivity index (χ0v) is 12.6. The van der Waals surface area contributed by atoms with Crippen molar-refractivity contribution >= 4 is 0 Å². The van der Waals surface area contributed by atoms with Crippen LogP contribution in [-0.2, 0) is 21.7 Å². The molecule has 0 saturated carbocycles. The summed E-state index contributed by atoms with van der Waals surface area (Å²) in [6.45, 7) is 5.20. The molecular weight excluding hydrogens is 282 g/mol. The third kappa shape index (κ3) is 44.0. The van der Waals surface area contributed by atoms with E-state index in [1.807, 2.05) is 0 Å². The second-order valence-corrected chi connectivity index (χ2v) is 3.11. The van der Waals surface area contributed by atoms with Crippen LogP contribution in [0.5, 0.6) is 0 Å². The van der Waals surface area contributed by atoms with Gasteiger partial charge < -0.3 is 36.9 Å². The average Bonchev–Trinajstić information content (AvgIpc) is 2.04. The van der Waals surface area contributed by atoms with Gasteiger partial charge >= 0.3 is 0 Å². The fraction of sp³-hybridized carbons (Fsp3) is 1.00. The van der Waals surface area contributed by atoms with Crippen molar-refractivity contribution in [3.63, 3.8) is 0 Å². The van der Waals surface area contributed by atoms with E-state index >= 15 is 0 Å². The molecule has 9 heteroatoms. The molecular formula is C9H29NO7Ti. The normalized spacial score (nSPS) is 8.00. The summed E-state index contributed by atoms with van der Waals surface area (Å²) in [5, 5.41) is 33.5. The van der Waals surface area contributed by atoms with Gasteiger partial charge in [0.2, 0.25) is 0 Å². The number of nitrogens with zero attached hydrogens (tertiary/aromatic N) is 1. The third-order valence-electron chi connectivity index (χ3n) is 1.25. The van der Waals surface area contributed by atoms with E-state index in [4.69, 9.17) is 20.4 Å². The molecule has 0 atom stereocenters. The van der Waals surface area contributed by atoms with Gasteiger partial charge in [-0.2, -0.15) is 0 Å². The molecule has 0 aromatic carbocycles. The van der Waals surface area contributed by atoms with Gasteiger partial charge in [0, 0.05) is 47.5 Å². The van der Waals surface area contributed by atoms with Crippen LogP contribution in [0.2, 0.25) is 0 Å². The van der Waals surface area contributed by atoms with E-state index in [0.29, 0.717) is 19.6 Å². The van der Waals surface area contributed by atoms with Crippen LogP contribution in [0, 0.1) is 0 Å². The van der Waals surface area contributed by atoms with Crippen molar-refractivity contribution in [1.29, 1.82) is 0 Å².